The normalized spacial score (nSPS) is 17.6. The molecule has 3 rings (SSSR count). The summed E-state index contributed by atoms with van der Waals surface area (Å²) >= 11 is 7.53. The first-order valence-corrected chi connectivity index (χ1v) is 10.1. The lowest BCUT2D eigenvalue weighted by Gasteiger charge is -2.12. The number of sulfonamides is 1. The maximum Gasteiger partial charge on any atom is 0.262 e. The molecule has 1 atom stereocenters. The van der Waals surface area contributed by atoms with E-state index >= 15 is 0 Å². The summed E-state index contributed by atoms with van der Waals surface area (Å²) in [6.07, 6.45) is 0. The van der Waals surface area contributed by atoms with Crippen molar-refractivity contribution in [3.63, 3.8) is 0 Å². The molecule has 0 bridgehead atoms. The minimum absolute atomic E-state index is 0.0663. The summed E-state index contributed by atoms with van der Waals surface area (Å²) in [5.41, 5.74) is 0.817. The van der Waals surface area contributed by atoms with Gasteiger partial charge in [-0.1, -0.05) is 30.7 Å². The molecule has 2 N–H and O–H groups in total. The maximum atomic E-state index is 12.6. The highest BCUT2D eigenvalue weighted by Crippen LogP contribution is 2.34. The number of thioether (sulfide) groups is 1. The van der Waals surface area contributed by atoms with Gasteiger partial charge in [0.1, 0.15) is 0 Å². The third-order valence-corrected chi connectivity index (χ3v) is 6.60. The average molecular weight is 383 g/mol. The molecule has 126 valence electrons. The van der Waals surface area contributed by atoms with Gasteiger partial charge in [0.25, 0.3) is 10.0 Å². The third-order valence-electron chi connectivity index (χ3n) is 3.57. The summed E-state index contributed by atoms with van der Waals surface area (Å²) in [4.78, 5) is 12.9. The summed E-state index contributed by atoms with van der Waals surface area (Å²) in [6.45, 7) is 1.84. The summed E-state index contributed by atoms with van der Waals surface area (Å²) in [7, 11) is -3.81. The molecule has 2 aromatic carbocycles. The Morgan fingerprint density at radius 3 is 2.75 bits per heavy atom. The van der Waals surface area contributed by atoms with Crippen molar-refractivity contribution in [3.8, 4) is 0 Å². The fourth-order valence-electron chi connectivity index (χ4n) is 2.19. The summed E-state index contributed by atoms with van der Waals surface area (Å²) in [5.74, 6) is 0.404. The van der Waals surface area contributed by atoms with Gasteiger partial charge in [0.2, 0.25) is 5.91 Å². The molecule has 5 nitrogen and oxygen atoms in total. The lowest BCUT2D eigenvalue weighted by molar-refractivity contribution is -0.118. The monoisotopic (exact) mass is 382 g/mol. The van der Waals surface area contributed by atoms with Crippen LogP contribution in [0.25, 0.3) is 0 Å². The highest BCUT2D eigenvalue weighted by Gasteiger charge is 2.23. The lowest BCUT2D eigenvalue weighted by atomic mass is 10.2. The lowest BCUT2D eigenvalue weighted by Crippen LogP contribution is -2.20. The Morgan fingerprint density at radius 1 is 1.25 bits per heavy atom. The van der Waals surface area contributed by atoms with Crippen LogP contribution in [0.3, 0.4) is 0 Å². The van der Waals surface area contributed by atoms with Crippen molar-refractivity contribution in [1.29, 1.82) is 0 Å². The highest BCUT2D eigenvalue weighted by atomic mass is 35.5. The van der Waals surface area contributed by atoms with E-state index in [9.17, 15) is 13.2 Å². The quantitative estimate of drug-likeness (QED) is 0.846. The predicted octanol–water partition coefficient (Wildman–Crippen LogP) is 3.82. The number of rotatable bonds is 3. The molecular weight excluding hydrogens is 368 g/mol. The molecule has 0 fully saturated rings. The van der Waals surface area contributed by atoms with Crippen LogP contribution in [0.15, 0.2) is 52.3 Å². The SMILES string of the molecule is CC1CSc2ccc(S(=O)(=O)Nc3ccccc3Cl)cc2NC1=O. The summed E-state index contributed by atoms with van der Waals surface area (Å²) < 4.78 is 27.6. The number of carbonyl (C=O) groups is 1. The van der Waals surface area contributed by atoms with Crippen molar-refractivity contribution in [2.24, 2.45) is 5.92 Å². The standard InChI is InChI=1S/C16H15ClN2O3S2/c1-10-9-23-15-7-6-11(8-14(15)18-16(10)20)24(21,22)19-13-5-3-2-4-12(13)17/h2-8,10,19H,9H2,1H3,(H,18,20). The fraction of sp³-hybridized carbons (Fsp3) is 0.188. The van der Waals surface area contributed by atoms with Gasteiger partial charge in [-0.3, -0.25) is 9.52 Å². The van der Waals surface area contributed by atoms with Crippen LogP contribution in [0.1, 0.15) is 6.92 Å². The minimum Gasteiger partial charge on any atom is -0.325 e. The summed E-state index contributed by atoms with van der Waals surface area (Å²) in [5, 5.41) is 3.10. The van der Waals surface area contributed by atoms with Crippen LogP contribution in [0.5, 0.6) is 0 Å². The van der Waals surface area contributed by atoms with Crippen molar-refractivity contribution >= 4 is 50.7 Å². The van der Waals surface area contributed by atoms with Gasteiger partial charge >= 0.3 is 0 Å². The van der Waals surface area contributed by atoms with Crippen molar-refractivity contribution in [2.75, 3.05) is 15.8 Å². The van der Waals surface area contributed by atoms with Crippen LogP contribution in [-0.2, 0) is 14.8 Å². The van der Waals surface area contributed by atoms with Gasteiger partial charge in [-0.25, -0.2) is 8.42 Å². The third kappa shape index (κ3) is 3.53. The number of hydrogen-bond donors (Lipinski definition) is 2. The molecule has 0 saturated heterocycles. The first-order valence-electron chi connectivity index (χ1n) is 7.22. The number of para-hydroxylation sites is 1. The zero-order valence-electron chi connectivity index (χ0n) is 12.7. The van der Waals surface area contributed by atoms with Gasteiger partial charge in [0.15, 0.2) is 0 Å². The second kappa shape index (κ2) is 6.66. The maximum absolute atomic E-state index is 12.6. The largest absolute Gasteiger partial charge is 0.325 e. The minimum atomic E-state index is -3.81. The van der Waals surface area contributed by atoms with Crippen LogP contribution in [-0.4, -0.2) is 20.1 Å². The molecule has 1 amide bonds. The molecular formula is C16H15ClN2O3S2. The van der Waals surface area contributed by atoms with E-state index in [1.165, 1.54) is 23.9 Å². The number of halogens is 1. The number of hydrogen-bond acceptors (Lipinski definition) is 4. The zero-order valence-corrected chi connectivity index (χ0v) is 15.1. The van der Waals surface area contributed by atoms with Gasteiger partial charge in [0.05, 0.1) is 21.3 Å². The van der Waals surface area contributed by atoms with E-state index in [4.69, 9.17) is 11.6 Å². The van der Waals surface area contributed by atoms with Crippen LogP contribution < -0.4 is 10.0 Å². The van der Waals surface area contributed by atoms with E-state index in [0.29, 0.717) is 22.2 Å². The number of fused-ring (bicyclic) bond motifs is 1. The first-order chi connectivity index (χ1) is 11.4. The van der Waals surface area contributed by atoms with E-state index < -0.39 is 10.0 Å². The molecule has 0 aliphatic carbocycles. The molecule has 1 heterocycles. The van der Waals surface area contributed by atoms with Gasteiger partial charge < -0.3 is 5.32 Å². The van der Waals surface area contributed by atoms with Crippen molar-refractivity contribution < 1.29 is 13.2 Å². The molecule has 0 radical (unpaired) electrons. The molecule has 1 unspecified atom stereocenters. The number of benzene rings is 2. The molecule has 1 aliphatic rings. The van der Waals surface area contributed by atoms with Crippen LogP contribution in [0.2, 0.25) is 5.02 Å². The molecule has 2 aromatic rings. The Kier molecular flexibility index (Phi) is 4.76. The molecule has 1 aliphatic heterocycles. The number of nitrogens with one attached hydrogen (secondary N) is 2. The van der Waals surface area contributed by atoms with Crippen LogP contribution >= 0.6 is 23.4 Å². The van der Waals surface area contributed by atoms with Gasteiger partial charge in [0, 0.05) is 16.6 Å². The van der Waals surface area contributed by atoms with E-state index in [1.54, 1.807) is 30.3 Å². The van der Waals surface area contributed by atoms with E-state index in [-0.39, 0.29) is 16.7 Å². The molecule has 8 heteroatoms. The van der Waals surface area contributed by atoms with Crippen molar-refractivity contribution in [3.05, 3.63) is 47.5 Å². The molecule has 24 heavy (non-hydrogen) atoms. The summed E-state index contributed by atoms with van der Waals surface area (Å²) in [6, 6.07) is 11.3. The van der Waals surface area contributed by atoms with Crippen molar-refractivity contribution in [1.82, 2.24) is 0 Å². The van der Waals surface area contributed by atoms with Crippen LogP contribution in [0, 0.1) is 5.92 Å². The zero-order chi connectivity index (χ0) is 17.3. The van der Waals surface area contributed by atoms with Gasteiger partial charge in [-0.2, -0.15) is 0 Å². The Morgan fingerprint density at radius 2 is 2.00 bits per heavy atom. The number of amides is 1. The molecule has 0 aromatic heterocycles. The van der Waals surface area contributed by atoms with Gasteiger partial charge in [-0.15, -0.1) is 11.8 Å². The number of carbonyl (C=O) groups excluding carboxylic acids is 1. The number of anilines is 2. The second-order valence-corrected chi connectivity index (χ2v) is 8.60. The fourth-order valence-corrected chi connectivity index (χ4v) is 4.55. The van der Waals surface area contributed by atoms with Crippen LogP contribution in [0.4, 0.5) is 11.4 Å². The Balaban J connectivity index is 1.94. The van der Waals surface area contributed by atoms with E-state index in [1.807, 2.05) is 6.92 Å². The topological polar surface area (TPSA) is 75.3 Å². The Bertz CT molecular complexity index is 900. The van der Waals surface area contributed by atoms with Crippen molar-refractivity contribution in [2.45, 2.75) is 16.7 Å². The van der Waals surface area contributed by atoms with E-state index in [2.05, 4.69) is 10.0 Å². The van der Waals surface area contributed by atoms with Gasteiger partial charge in [-0.05, 0) is 30.3 Å². The molecule has 0 spiro atoms. The average Bonchev–Trinajstić information content (AvgIpc) is 2.68. The molecule has 0 saturated carbocycles. The Labute approximate surface area is 149 Å². The smallest absolute Gasteiger partial charge is 0.262 e. The first kappa shape index (κ1) is 17.1. The Hall–Kier alpha value is -1.70. The van der Waals surface area contributed by atoms with E-state index in [0.717, 1.165) is 4.90 Å². The predicted molar refractivity (Wildman–Crippen MR) is 97.2 cm³/mol. The highest BCUT2D eigenvalue weighted by molar-refractivity contribution is 7.99. The second-order valence-electron chi connectivity index (χ2n) is 5.44.